The summed E-state index contributed by atoms with van der Waals surface area (Å²) in [5.41, 5.74) is 0.982. The van der Waals surface area contributed by atoms with Gasteiger partial charge >= 0.3 is 0 Å². The summed E-state index contributed by atoms with van der Waals surface area (Å²) in [4.78, 5) is 12.7. The molecule has 2 saturated carbocycles. The van der Waals surface area contributed by atoms with Gasteiger partial charge < -0.3 is 10.2 Å². The van der Waals surface area contributed by atoms with Crippen LogP contribution in [0.25, 0.3) is 0 Å². The molecule has 7 nitrogen and oxygen atoms in total. The molecule has 2 aliphatic carbocycles. The van der Waals surface area contributed by atoms with Gasteiger partial charge in [0.25, 0.3) is 0 Å². The van der Waals surface area contributed by atoms with Gasteiger partial charge in [-0.05, 0) is 100 Å². The van der Waals surface area contributed by atoms with E-state index in [2.05, 4.69) is 0 Å². The molecule has 1 aromatic carbocycles. The van der Waals surface area contributed by atoms with Gasteiger partial charge in [0.1, 0.15) is 11.5 Å². The van der Waals surface area contributed by atoms with E-state index in [0.717, 1.165) is 68.4 Å². The molecule has 3 rings (SSSR count). The molecule has 35 heavy (non-hydrogen) atoms. The van der Waals surface area contributed by atoms with Crippen molar-refractivity contribution in [3.05, 3.63) is 23.8 Å². The van der Waals surface area contributed by atoms with Crippen LogP contribution in [-0.2, 0) is 14.6 Å². The van der Waals surface area contributed by atoms with Gasteiger partial charge in [0.2, 0.25) is 5.91 Å². The van der Waals surface area contributed by atoms with E-state index in [4.69, 9.17) is 0 Å². The normalized spacial score (nSPS) is 26.0. The predicted molar refractivity (Wildman–Crippen MR) is 136 cm³/mol. The first-order chi connectivity index (χ1) is 16.7. The number of rotatable bonds is 9. The van der Waals surface area contributed by atoms with Crippen molar-refractivity contribution >= 4 is 15.7 Å². The van der Waals surface area contributed by atoms with Crippen molar-refractivity contribution in [2.45, 2.75) is 114 Å². The number of aromatic hydroxyl groups is 2. The Balaban J connectivity index is 1.40. The lowest BCUT2D eigenvalue weighted by Crippen LogP contribution is -2.39. The Kier molecular flexibility index (Phi) is 10.3. The van der Waals surface area contributed by atoms with E-state index in [1.54, 1.807) is 12.1 Å². The number of benzene rings is 1. The van der Waals surface area contributed by atoms with Crippen LogP contribution in [0.15, 0.2) is 18.2 Å². The second-order valence-corrected chi connectivity index (χ2v) is 13.0. The maximum Gasteiger partial charge on any atom is 0.246 e. The smallest absolute Gasteiger partial charge is 0.246 e. The van der Waals surface area contributed by atoms with Gasteiger partial charge in [-0.25, -0.2) is 13.5 Å². The van der Waals surface area contributed by atoms with E-state index in [1.165, 1.54) is 6.07 Å². The fourth-order valence-electron chi connectivity index (χ4n) is 5.97. The van der Waals surface area contributed by atoms with E-state index < -0.39 is 9.84 Å². The highest BCUT2D eigenvalue weighted by Crippen LogP contribution is 2.39. The van der Waals surface area contributed by atoms with Crippen molar-refractivity contribution in [1.82, 2.24) is 5.06 Å². The van der Waals surface area contributed by atoms with E-state index >= 15 is 0 Å². The summed E-state index contributed by atoms with van der Waals surface area (Å²) in [5, 5.41) is 30.6. The minimum Gasteiger partial charge on any atom is -0.508 e. The number of hydroxylamine groups is 2. The van der Waals surface area contributed by atoms with E-state index in [-0.39, 0.29) is 34.5 Å². The third kappa shape index (κ3) is 8.10. The van der Waals surface area contributed by atoms with Crippen LogP contribution in [0.5, 0.6) is 11.5 Å². The molecule has 1 amide bonds. The number of phenolic OH excluding ortho intramolecular Hbond substituents is 2. The van der Waals surface area contributed by atoms with Gasteiger partial charge in [0.05, 0.1) is 17.0 Å². The molecule has 0 bridgehead atoms. The van der Waals surface area contributed by atoms with Gasteiger partial charge in [-0.3, -0.25) is 10.0 Å². The quantitative estimate of drug-likeness (QED) is 0.292. The first kappa shape index (κ1) is 27.8. The SMILES string of the molecule is CCCS(=O)(=O)C1CCCCC(N(O)C(=O)CCCC2CCC(c3cc(O)cc(O)c3)CC2)CC1. The summed E-state index contributed by atoms with van der Waals surface area (Å²) in [6, 6.07) is 4.52. The number of carbonyl (C=O) groups excluding carboxylic acids is 1. The molecule has 0 saturated heterocycles. The third-order valence-corrected chi connectivity index (χ3v) is 10.4. The lowest BCUT2D eigenvalue weighted by Gasteiger charge is -2.31. The molecule has 2 aliphatic rings. The monoisotopic (exact) mass is 509 g/mol. The molecule has 1 aromatic rings. The summed E-state index contributed by atoms with van der Waals surface area (Å²) >= 11 is 0. The molecule has 0 heterocycles. The van der Waals surface area contributed by atoms with Crippen LogP contribution in [-0.4, -0.2) is 51.9 Å². The topological polar surface area (TPSA) is 115 Å². The molecule has 0 aromatic heterocycles. The van der Waals surface area contributed by atoms with Crippen LogP contribution in [0.3, 0.4) is 0 Å². The Morgan fingerprint density at radius 3 is 2.26 bits per heavy atom. The second kappa shape index (κ2) is 12.9. The van der Waals surface area contributed by atoms with Crippen LogP contribution < -0.4 is 0 Å². The Hall–Kier alpha value is -1.80. The molecule has 2 fully saturated rings. The summed E-state index contributed by atoms with van der Waals surface area (Å²) in [5.74, 6) is 1.02. The van der Waals surface area contributed by atoms with Gasteiger partial charge in [0.15, 0.2) is 9.84 Å². The number of sulfone groups is 1. The summed E-state index contributed by atoms with van der Waals surface area (Å²) in [6.45, 7) is 1.88. The lowest BCUT2D eigenvalue weighted by molar-refractivity contribution is -0.177. The van der Waals surface area contributed by atoms with Crippen LogP contribution >= 0.6 is 0 Å². The van der Waals surface area contributed by atoms with Crippen LogP contribution in [0.2, 0.25) is 0 Å². The largest absolute Gasteiger partial charge is 0.508 e. The Morgan fingerprint density at radius 2 is 1.60 bits per heavy atom. The fourth-order valence-corrected chi connectivity index (χ4v) is 7.90. The van der Waals surface area contributed by atoms with Gasteiger partial charge in [-0.15, -0.1) is 0 Å². The molecule has 2 atom stereocenters. The van der Waals surface area contributed by atoms with Crippen molar-refractivity contribution in [3.8, 4) is 11.5 Å². The van der Waals surface area contributed by atoms with Crippen molar-refractivity contribution in [1.29, 1.82) is 0 Å². The van der Waals surface area contributed by atoms with E-state index in [0.29, 0.717) is 43.9 Å². The van der Waals surface area contributed by atoms with E-state index in [1.807, 2.05) is 6.92 Å². The highest BCUT2D eigenvalue weighted by molar-refractivity contribution is 7.92. The highest BCUT2D eigenvalue weighted by Gasteiger charge is 2.30. The Bertz CT molecular complexity index is 905. The van der Waals surface area contributed by atoms with Crippen LogP contribution in [0.1, 0.15) is 108 Å². The molecule has 198 valence electrons. The summed E-state index contributed by atoms with van der Waals surface area (Å²) < 4.78 is 25.0. The maximum atomic E-state index is 12.7. The molecular formula is C27H43NO6S. The van der Waals surface area contributed by atoms with Gasteiger partial charge in [-0.2, -0.15) is 0 Å². The number of nitrogens with zero attached hydrogens (tertiary/aromatic N) is 1. The van der Waals surface area contributed by atoms with Crippen molar-refractivity contribution in [2.24, 2.45) is 5.92 Å². The van der Waals surface area contributed by atoms with Crippen molar-refractivity contribution < 1.29 is 28.6 Å². The van der Waals surface area contributed by atoms with Gasteiger partial charge in [-0.1, -0.05) is 19.8 Å². The fraction of sp³-hybridized carbons (Fsp3) is 0.741. The van der Waals surface area contributed by atoms with Crippen LogP contribution in [0.4, 0.5) is 0 Å². The number of hydrogen-bond donors (Lipinski definition) is 3. The highest BCUT2D eigenvalue weighted by atomic mass is 32.2. The minimum atomic E-state index is -3.10. The zero-order chi connectivity index (χ0) is 25.4. The second-order valence-electron chi connectivity index (χ2n) is 10.6. The number of amides is 1. The minimum absolute atomic E-state index is 0.0941. The molecule has 2 unspecified atom stereocenters. The average Bonchev–Trinajstić information content (AvgIpc) is 2.78. The van der Waals surface area contributed by atoms with Gasteiger partial charge in [0, 0.05) is 12.5 Å². The number of hydrogen-bond acceptors (Lipinski definition) is 6. The zero-order valence-corrected chi connectivity index (χ0v) is 21.9. The standard InChI is InChI=1S/C27H43NO6S/c1-2-16-35(33,34)26-8-4-3-7-23(14-15-26)28(32)27(31)9-5-6-20-10-12-21(13-11-20)22-17-24(29)19-25(30)18-22/h17-21,23,26,29-30,32H,2-16H2,1H3. The Labute approximate surface area is 210 Å². The molecule has 0 aliphatic heterocycles. The summed E-state index contributed by atoms with van der Waals surface area (Å²) in [6.07, 6.45) is 10.8. The molecular weight excluding hydrogens is 466 g/mol. The maximum absolute atomic E-state index is 12.7. The number of carbonyl (C=O) groups is 1. The molecule has 0 spiro atoms. The molecule has 0 radical (unpaired) electrons. The first-order valence-electron chi connectivity index (χ1n) is 13.4. The third-order valence-electron chi connectivity index (χ3n) is 7.98. The molecule has 3 N–H and O–H groups in total. The predicted octanol–water partition coefficient (Wildman–Crippen LogP) is 5.68. The van der Waals surface area contributed by atoms with Crippen LogP contribution in [0, 0.1) is 5.92 Å². The zero-order valence-electron chi connectivity index (χ0n) is 21.1. The number of phenols is 2. The van der Waals surface area contributed by atoms with Crippen molar-refractivity contribution in [2.75, 3.05) is 5.75 Å². The van der Waals surface area contributed by atoms with E-state index in [9.17, 15) is 28.6 Å². The average molecular weight is 510 g/mol. The summed E-state index contributed by atoms with van der Waals surface area (Å²) in [7, 11) is -3.10. The lowest BCUT2D eigenvalue weighted by atomic mass is 9.77. The Morgan fingerprint density at radius 1 is 0.943 bits per heavy atom. The van der Waals surface area contributed by atoms with Crippen molar-refractivity contribution in [3.63, 3.8) is 0 Å². The first-order valence-corrected chi connectivity index (χ1v) is 15.2. The molecule has 8 heteroatoms.